The number of esters is 1. The van der Waals surface area contributed by atoms with Gasteiger partial charge in [0, 0.05) is 5.56 Å². The average Bonchev–Trinajstić information content (AvgIpc) is 2.80. The van der Waals surface area contributed by atoms with Gasteiger partial charge in [-0.1, -0.05) is 30.0 Å². The van der Waals surface area contributed by atoms with Crippen LogP contribution in [0, 0.1) is 25.2 Å². The summed E-state index contributed by atoms with van der Waals surface area (Å²) in [5.41, 5.74) is 3.43. The maximum Gasteiger partial charge on any atom is 0.337 e. The number of aromatic nitrogens is 2. The van der Waals surface area contributed by atoms with Crippen molar-refractivity contribution in [3.63, 3.8) is 0 Å². The molecule has 3 aromatic rings. The van der Waals surface area contributed by atoms with E-state index in [1.165, 1.54) is 23.4 Å². The summed E-state index contributed by atoms with van der Waals surface area (Å²) in [5, 5.41) is 9.76. The van der Waals surface area contributed by atoms with Crippen LogP contribution in [0.5, 0.6) is 5.88 Å². The normalized spacial score (nSPS) is 10.5. The number of carbonyl (C=O) groups is 1. The molecule has 1 aromatic heterocycles. The topological polar surface area (TPSA) is 94.2 Å². The van der Waals surface area contributed by atoms with E-state index in [0.29, 0.717) is 27.5 Å². The van der Waals surface area contributed by atoms with Gasteiger partial charge in [-0.25, -0.2) is 4.79 Å². The molecule has 0 bridgehead atoms. The molecule has 9 heteroatoms. The summed E-state index contributed by atoms with van der Waals surface area (Å²) >= 11 is 4.58. The zero-order valence-corrected chi connectivity index (χ0v) is 20.3. The van der Waals surface area contributed by atoms with Crippen LogP contribution in [-0.2, 0) is 11.3 Å². The molecule has 0 radical (unpaired) electrons. The molecular weight excluding hydrogens is 494 g/mol. The standard InChI is InChI=1S/C23H20BrN3O4S/c1-13-5-7-16(17(9-13)11-25)12-31-20-19(24)21(28)27(23(26-20)32-4)18-10-15(22(29)30-3)8-6-14(18)2/h5-10H,12H2,1-4H3. The number of hydrogen-bond acceptors (Lipinski definition) is 7. The van der Waals surface area contributed by atoms with Gasteiger partial charge in [0.1, 0.15) is 11.1 Å². The Kier molecular flexibility index (Phi) is 7.38. The lowest BCUT2D eigenvalue weighted by molar-refractivity contribution is 0.0600. The second-order valence-corrected chi connectivity index (χ2v) is 8.48. The van der Waals surface area contributed by atoms with Crippen LogP contribution in [-0.4, -0.2) is 28.9 Å². The molecule has 0 amide bonds. The number of ether oxygens (including phenoxy) is 2. The molecule has 0 fully saturated rings. The van der Waals surface area contributed by atoms with E-state index in [1.54, 1.807) is 30.5 Å². The molecular formula is C23H20BrN3O4S. The van der Waals surface area contributed by atoms with Gasteiger partial charge in [0.15, 0.2) is 5.16 Å². The number of rotatable bonds is 6. The van der Waals surface area contributed by atoms with E-state index in [9.17, 15) is 14.9 Å². The quantitative estimate of drug-likeness (QED) is 0.270. The highest BCUT2D eigenvalue weighted by atomic mass is 79.9. The van der Waals surface area contributed by atoms with E-state index in [4.69, 9.17) is 9.47 Å². The second kappa shape index (κ2) is 10.0. The van der Waals surface area contributed by atoms with Gasteiger partial charge in [-0.15, -0.1) is 0 Å². The highest BCUT2D eigenvalue weighted by molar-refractivity contribution is 9.10. The molecule has 7 nitrogen and oxygen atoms in total. The van der Waals surface area contributed by atoms with Crippen LogP contribution in [0.4, 0.5) is 0 Å². The zero-order valence-electron chi connectivity index (χ0n) is 17.9. The monoisotopic (exact) mass is 513 g/mol. The summed E-state index contributed by atoms with van der Waals surface area (Å²) in [6.07, 6.45) is 1.79. The molecule has 0 saturated carbocycles. The van der Waals surface area contributed by atoms with Crippen molar-refractivity contribution in [2.45, 2.75) is 25.6 Å². The van der Waals surface area contributed by atoms with E-state index >= 15 is 0 Å². The predicted molar refractivity (Wildman–Crippen MR) is 126 cm³/mol. The van der Waals surface area contributed by atoms with Gasteiger partial charge >= 0.3 is 5.97 Å². The molecule has 0 saturated heterocycles. The molecule has 0 spiro atoms. The average molecular weight is 514 g/mol. The number of thioether (sulfide) groups is 1. The fourth-order valence-electron chi connectivity index (χ4n) is 3.07. The second-order valence-electron chi connectivity index (χ2n) is 6.91. The van der Waals surface area contributed by atoms with Crippen LogP contribution in [0.2, 0.25) is 0 Å². The molecule has 164 valence electrons. The predicted octanol–water partition coefficient (Wildman–Crippen LogP) is 4.57. The molecule has 32 heavy (non-hydrogen) atoms. The van der Waals surface area contributed by atoms with E-state index < -0.39 is 5.97 Å². The Labute approximate surface area is 198 Å². The van der Waals surface area contributed by atoms with Crippen molar-refractivity contribution in [3.8, 4) is 17.6 Å². The Morgan fingerprint density at radius 2 is 2.00 bits per heavy atom. The number of benzene rings is 2. The number of nitrogens with zero attached hydrogens (tertiary/aromatic N) is 3. The number of halogens is 1. The minimum atomic E-state index is -0.497. The number of hydrogen-bond donors (Lipinski definition) is 0. The number of methoxy groups -OCH3 is 1. The Hall–Kier alpha value is -3.09. The summed E-state index contributed by atoms with van der Waals surface area (Å²) in [6.45, 7) is 3.83. The molecule has 0 aliphatic carbocycles. The fourth-order valence-corrected chi connectivity index (χ4v) is 3.99. The van der Waals surface area contributed by atoms with Crippen molar-refractivity contribution < 1.29 is 14.3 Å². The molecule has 3 rings (SSSR count). The van der Waals surface area contributed by atoms with E-state index in [2.05, 4.69) is 27.0 Å². The fraction of sp³-hybridized carbons (Fsp3) is 0.217. The first-order valence-corrected chi connectivity index (χ1v) is 11.5. The van der Waals surface area contributed by atoms with Crippen LogP contribution < -0.4 is 10.3 Å². The minimum Gasteiger partial charge on any atom is -0.472 e. The smallest absolute Gasteiger partial charge is 0.337 e. The lowest BCUT2D eigenvalue weighted by Gasteiger charge is -2.16. The first-order valence-electron chi connectivity index (χ1n) is 9.49. The van der Waals surface area contributed by atoms with Crippen LogP contribution in [0.25, 0.3) is 5.69 Å². The van der Waals surface area contributed by atoms with Crippen LogP contribution in [0.15, 0.2) is 50.8 Å². The van der Waals surface area contributed by atoms with Crippen LogP contribution in [0.3, 0.4) is 0 Å². The van der Waals surface area contributed by atoms with Gasteiger partial charge in [-0.05, 0) is 65.4 Å². The summed E-state index contributed by atoms with van der Waals surface area (Å²) < 4.78 is 12.2. The zero-order chi connectivity index (χ0) is 23.4. The van der Waals surface area contributed by atoms with Crippen molar-refractivity contribution in [3.05, 3.63) is 79.0 Å². The largest absolute Gasteiger partial charge is 0.472 e. The Balaban J connectivity index is 2.05. The van der Waals surface area contributed by atoms with Gasteiger partial charge in [-0.3, -0.25) is 9.36 Å². The first-order chi connectivity index (χ1) is 15.3. The summed E-state index contributed by atoms with van der Waals surface area (Å²) in [6, 6.07) is 12.6. The number of nitriles is 1. The Bertz CT molecular complexity index is 1300. The van der Waals surface area contributed by atoms with Gasteiger partial charge in [-0.2, -0.15) is 10.2 Å². The maximum atomic E-state index is 13.3. The third kappa shape index (κ3) is 4.71. The highest BCUT2D eigenvalue weighted by Gasteiger charge is 2.20. The Morgan fingerprint density at radius 3 is 2.66 bits per heavy atom. The van der Waals surface area contributed by atoms with E-state index in [1.807, 2.05) is 26.0 Å². The van der Waals surface area contributed by atoms with Crippen molar-refractivity contribution in [1.82, 2.24) is 9.55 Å². The van der Waals surface area contributed by atoms with Crippen LogP contribution >= 0.6 is 27.7 Å². The van der Waals surface area contributed by atoms with Crippen molar-refractivity contribution in [2.24, 2.45) is 0 Å². The minimum absolute atomic E-state index is 0.0862. The molecule has 2 aromatic carbocycles. The molecule has 0 aliphatic rings. The van der Waals surface area contributed by atoms with Crippen molar-refractivity contribution >= 4 is 33.7 Å². The maximum absolute atomic E-state index is 13.3. The molecule has 0 atom stereocenters. The van der Waals surface area contributed by atoms with Crippen molar-refractivity contribution in [2.75, 3.05) is 13.4 Å². The van der Waals surface area contributed by atoms with Gasteiger partial charge in [0.2, 0.25) is 5.88 Å². The number of carbonyl (C=O) groups excluding carboxylic acids is 1. The van der Waals surface area contributed by atoms with Crippen LogP contribution in [0.1, 0.15) is 32.6 Å². The van der Waals surface area contributed by atoms with Gasteiger partial charge in [0.05, 0.1) is 30.0 Å². The van der Waals surface area contributed by atoms with E-state index in [-0.39, 0.29) is 22.5 Å². The van der Waals surface area contributed by atoms with Crippen molar-refractivity contribution in [1.29, 1.82) is 5.26 Å². The molecule has 0 aliphatic heterocycles. The van der Waals surface area contributed by atoms with Gasteiger partial charge in [0.25, 0.3) is 5.56 Å². The lowest BCUT2D eigenvalue weighted by atomic mass is 10.1. The number of aryl methyl sites for hydroxylation is 2. The third-order valence-corrected chi connectivity index (χ3v) is 6.09. The first kappa shape index (κ1) is 23.6. The summed E-state index contributed by atoms with van der Waals surface area (Å²) in [7, 11) is 1.30. The third-order valence-electron chi connectivity index (χ3n) is 4.77. The summed E-state index contributed by atoms with van der Waals surface area (Å²) in [4.78, 5) is 29.8. The van der Waals surface area contributed by atoms with Gasteiger partial charge < -0.3 is 9.47 Å². The lowest BCUT2D eigenvalue weighted by Crippen LogP contribution is -2.24. The Morgan fingerprint density at radius 1 is 1.25 bits per heavy atom. The molecule has 0 unspecified atom stereocenters. The molecule has 1 heterocycles. The SMILES string of the molecule is COC(=O)c1ccc(C)c(-n2c(SC)nc(OCc3ccc(C)cc3C#N)c(Br)c2=O)c1. The molecule has 0 N–H and O–H groups in total. The van der Waals surface area contributed by atoms with E-state index in [0.717, 1.165) is 11.1 Å². The summed E-state index contributed by atoms with van der Waals surface area (Å²) in [5.74, 6) is -0.370. The highest BCUT2D eigenvalue weighted by Crippen LogP contribution is 2.27.